The predicted molar refractivity (Wildman–Crippen MR) is 95.8 cm³/mol. The van der Waals surface area contributed by atoms with Crippen LogP contribution in [0.5, 0.6) is 0 Å². The Morgan fingerprint density at radius 3 is 1.80 bits per heavy atom. The summed E-state index contributed by atoms with van der Waals surface area (Å²) in [5.41, 5.74) is 7.54. The quantitative estimate of drug-likeness (QED) is 0.661. The van der Waals surface area contributed by atoms with E-state index in [9.17, 15) is 16.8 Å². The molecule has 1 unspecified atom stereocenters. The Kier molecular flexibility index (Phi) is 5.96. The second kappa shape index (κ2) is 7.63. The highest BCUT2D eigenvalue weighted by Crippen LogP contribution is 2.15. The van der Waals surface area contributed by atoms with Crippen LogP contribution >= 0.6 is 0 Å². The molecule has 0 heterocycles. The van der Waals surface area contributed by atoms with E-state index in [1.165, 1.54) is 31.3 Å². The molecule has 0 radical (unpaired) electrons. The fraction of sp³-hybridized carbons (Fsp3) is 0.250. The van der Waals surface area contributed by atoms with Gasteiger partial charge in [0.25, 0.3) is 0 Å². The highest BCUT2D eigenvalue weighted by molar-refractivity contribution is 7.90. The second-order valence-electron chi connectivity index (χ2n) is 5.53. The van der Waals surface area contributed by atoms with Gasteiger partial charge in [0.05, 0.1) is 9.79 Å². The summed E-state index contributed by atoms with van der Waals surface area (Å²) in [7, 11) is -6.06. The van der Waals surface area contributed by atoms with Gasteiger partial charge in [0, 0.05) is 12.6 Å². The summed E-state index contributed by atoms with van der Waals surface area (Å²) in [5, 5.41) is 0. The van der Waals surface area contributed by atoms with Gasteiger partial charge in [-0.05, 0) is 49.4 Å². The molecule has 0 bridgehead atoms. The van der Waals surface area contributed by atoms with Crippen molar-refractivity contribution >= 4 is 20.0 Å². The largest absolute Gasteiger partial charge is 0.324 e. The van der Waals surface area contributed by atoms with E-state index in [1.807, 2.05) is 31.2 Å². The van der Waals surface area contributed by atoms with Gasteiger partial charge in [-0.2, -0.15) is 0 Å². The molecule has 0 aliphatic rings. The first-order chi connectivity index (χ1) is 11.7. The van der Waals surface area contributed by atoms with E-state index in [0.29, 0.717) is 0 Å². The highest BCUT2D eigenvalue weighted by Gasteiger charge is 2.16. The minimum atomic E-state index is -3.74. The van der Waals surface area contributed by atoms with Crippen LogP contribution in [0.3, 0.4) is 0 Å². The fourth-order valence-corrected chi connectivity index (χ4v) is 3.86. The molecule has 0 saturated carbocycles. The predicted octanol–water partition coefficient (Wildman–Crippen LogP) is 1.09. The van der Waals surface area contributed by atoms with Crippen molar-refractivity contribution in [1.29, 1.82) is 0 Å². The maximum absolute atomic E-state index is 12.3. The molecular weight excluding hydrogens is 362 g/mol. The van der Waals surface area contributed by atoms with Gasteiger partial charge in [-0.15, -0.1) is 0 Å². The minimum Gasteiger partial charge on any atom is -0.324 e. The molecule has 2 aromatic carbocycles. The molecule has 0 aliphatic heterocycles. The Bertz CT molecular complexity index is 920. The molecule has 0 aliphatic carbocycles. The van der Waals surface area contributed by atoms with Crippen LogP contribution < -0.4 is 15.2 Å². The van der Waals surface area contributed by atoms with Crippen molar-refractivity contribution in [2.75, 3.05) is 7.05 Å². The smallest absolute Gasteiger partial charge is 0.240 e. The van der Waals surface area contributed by atoms with Crippen LogP contribution in [0, 0.1) is 0 Å². The van der Waals surface area contributed by atoms with Crippen molar-refractivity contribution in [3.05, 3.63) is 59.7 Å². The number of rotatable bonds is 7. The second-order valence-corrected chi connectivity index (χ2v) is 9.19. The van der Waals surface area contributed by atoms with E-state index in [-0.39, 0.29) is 22.4 Å². The number of nitrogens with two attached hydrogens (primary N) is 1. The summed E-state index contributed by atoms with van der Waals surface area (Å²) in [6.45, 7) is 1.99. The third kappa shape index (κ3) is 4.86. The summed E-state index contributed by atoms with van der Waals surface area (Å²) in [6, 6.07) is 12.2. The van der Waals surface area contributed by atoms with Crippen LogP contribution in [0.4, 0.5) is 0 Å². The summed E-state index contributed by atoms with van der Waals surface area (Å²) < 4.78 is 52.6. The van der Waals surface area contributed by atoms with Gasteiger partial charge < -0.3 is 5.73 Å². The van der Waals surface area contributed by atoms with Gasteiger partial charge in [-0.1, -0.05) is 24.3 Å². The van der Waals surface area contributed by atoms with Gasteiger partial charge in [0.1, 0.15) is 0 Å². The van der Waals surface area contributed by atoms with Crippen LogP contribution in [-0.2, 0) is 26.6 Å². The third-order valence-corrected chi connectivity index (χ3v) is 6.53. The first kappa shape index (κ1) is 19.5. The molecule has 0 fully saturated rings. The van der Waals surface area contributed by atoms with Crippen molar-refractivity contribution in [3.8, 4) is 0 Å². The molecule has 1 atom stereocenters. The van der Waals surface area contributed by atoms with E-state index in [4.69, 9.17) is 5.73 Å². The summed E-state index contributed by atoms with van der Waals surface area (Å²) in [5.74, 6) is 0. The standard InChI is InChI=1S/C16H21N3O4S2/c1-12(17)14-5-3-13(4-6-14)11-19-25(22,23)16-9-7-15(8-10-16)24(20,21)18-2/h3-10,12,18-19H,11,17H2,1-2H3. The fourth-order valence-electron chi connectivity index (χ4n) is 2.12. The zero-order valence-electron chi connectivity index (χ0n) is 13.9. The summed E-state index contributed by atoms with van der Waals surface area (Å²) in [6.07, 6.45) is 0. The van der Waals surface area contributed by atoms with Crippen molar-refractivity contribution in [2.45, 2.75) is 29.3 Å². The van der Waals surface area contributed by atoms with Gasteiger partial charge >= 0.3 is 0 Å². The van der Waals surface area contributed by atoms with E-state index in [2.05, 4.69) is 9.44 Å². The lowest BCUT2D eigenvalue weighted by atomic mass is 10.1. The molecule has 25 heavy (non-hydrogen) atoms. The van der Waals surface area contributed by atoms with Crippen molar-refractivity contribution in [2.24, 2.45) is 5.73 Å². The number of hydrogen-bond donors (Lipinski definition) is 3. The normalized spacial score (nSPS) is 13.6. The summed E-state index contributed by atoms with van der Waals surface area (Å²) in [4.78, 5) is -0.00445. The average Bonchev–Trinajstić information content (AvgIpc) is 2.60. The third-order valence-electron chi connectivity index (χ3n) is 3.68. The number of benzene rings is 2. The van der Waals surface area contributed by atoms with Gasteiger partial charge in [-0.3, -0.25) is 0 Å². The highest BCUT2D eigenvalue weighted by atomic mass is 32.2. The van der Waals surface area contributed by atoms with E-state index in [1.54, 1.807) is 0 Å². The average molecular weight is 383 g/mol. The molecule has 0 saturated heterocycles. The number of nitrogens with one attached hydrogen (secondary N) is 2. The maximum atomic E-state index is 12.3. The Balaban J connectivity index is 2.11. The maximum Gasteiger partial charge on any atom is 0.240 e. The van der Waals surface area contributed by atoms with Crippen LogP contribution in [0.2, 0.25) is 0 Å². The monoisotopic (exact) mass is 383 g/mol. The Morgan fingerprint density at radius 2 is 1.36 bits per heavy atom. The molecule has 0 amide bonds. The summed E-state index contributed by atoms with van der Waals surface area (Å²) >= 11 is 0. The van der Waals surface area contributed by atoms with Crippen LogP contribution in [0.15, 0.2) is 58.3 Å². The van der Waals surface area contributed by atoms with Crippen LogP contribution in [0.1, 0.15) is 24.1 Å². The van der Waals surface area contributed by atoms with E-state index < -0.39 is 20.0 Å². The minimum absolute atomic E-state index is 0.000410. The Morgan fingerprint density at radius 1 is 0.880 bits per heavy atom. The first-order valence-electron chi connectivity index (χ1n) is 7.53. The van der Waals surface area contributed by atoms with Crippen molar-refractivity contribution in [1.82, 2.24) is 9.44 Å². The first-order valence-corrected chi connectivity index (χ1v) is 10.5. The van der Waals surface area contributed by atoms with Gasteiger partial charge in [0.2, 0.25) is 20.0 Å². The molecule has 9 heteroatoms. The van der Waals surface area contributed by atoms with E-state index >= 15 is 0 Å². The lowest BCUT2D eigenvalue weighted by Crippen LogP contribution is -2.23. The Hall–Kier alpha value is -1.78. The van der Waals surface area contributed by atoms with Crippen molar-refractivity contribution in [3.63, 3.8) is 0 Å². The SMILES string of the molecule is CNS(=O)(=O)c1ccc(S(=O)(=O)NCc2ccc(C(C)N)cc2)cc1. The van der Waals surface area contributed by atoms with E-state index in [0.717, 1.165) is 11.1 Å². The topological polar surface area (TPSA) is 118 Å². The molecule has 136 valence electrons. The zero-order valence-corrected chi connectivity index (χ0v) is 15.6. The lowest BCUT2D eigenvalue weighted by Gasteiger charge is -2.10. The van der Waals surface area contributed by atoms with Crippen molar-refractivity contribution < 1.29 is 16.8 Å². The van der Waals surface area contributed by atoms with Crippen LogP contribution in [0.25, 0.3) is 0 Å². The molecular formula is C16H21N3O4S2. The molecule has 2 aromatic rings. The molecule has 0 spiro atoms. The van der Waals surface area contributed by atoms with Crippen LogP contribution in [-0.4, -0.2) is 23.9 Å². The molecule has 2 rings (SSSR count). The van der Waals surface area contributed by atoms with Gasteiger partial charge in [0.15, 0.2) is 0 Å². The van der Waals surface area contributed by atoms with Gasteiger partial charge in [-0.25, -0.2) is 26.3 Å². The number of hydrogen-bond acceptors (Lipinski definition) is 5. The molecule has 4 N–H and O–H groups in total. The molecule has 7 nitrogen and oxygen atoms in total. The zero-order chi connectivity index (χ0) is 18.7. The molecule has 0 aromatic heterocycles. The lowest BCUT2D eigenvalue weighted by molar-refractivity contribution is 0.579. The number of sulfonamides is 2. The Labute approximate surface area is 148 Å².